The molecular weight excluding hydrogens is 206 g/mol. The van der Waals surface area contributed by atoms with Gasteiger partial charge in [-0.2, -0.15) is 0 Å². The second kappa shape index (κ2) is 7.35. The fraction of sp³-hybridized carbons (Fsp3) is 0.417. The number of thioether (sulfide) groups is 1. The highest BCUT2D eigenvalue weighted by Gasteiger charge is 2.02. The van der Waals surface area contributed by atoms with Gasteiger partial charge in [-0.1, -0.05) is 31.5 Å². The van der Waals surface area contributed by atoms with Crippen molar-refractivity contribution in [3.05, 3.63) is 35.9 Å². The highest BCUT2D eigenvalue weighted by molar-refractivity contribution is 7.99. The predicted octanol–water partition coefficient (Wildman–Crippen LogP) is 2.91. The van der Waals surface area contributed by atoms with Crippen molar-refractivity contribution >= 4 is 17.7 Å². The lowest BCUT2D eigenvalue weighted by Gasteiger charge is -2.04. The van der Waals surface area contributed by atoms with Crippen LogP contribution in [0.4, 0.5) is 0 Å². The van der Waals surface area contributed by atoms with E-state index in [2.05, 4.69) is 12.2 Å². The molecule has 15 heavy (non-hydrogen) atoms. The van der Waals surface area contributed by atoms with Gasteiger partial charge >= 0.3 is 0 Å². The molecular formula is C12H17NOS. The third-order valence-electron chi connectivity index (χ3n) is 2.01. The molecule has 2 nitrogen and oxygen atoms in total. The van der Waals surface area contributed by atoms with Gasteiger partial charge in [-0.15, -0.1) is 11.8 Å². The van der Waals surface area contributed by atoms with Crippen molar-refractivity contribution in [3.8, 4) is 0 Å². The van der Waals surface area contributed by atoms with Gasteiger partial charge in [0.05, 0.1) is 5.88 Å². The number of benzene rings is 1. The lowest BCUT2D eigenvalue weighted by molar-refractivity contribution is 0.0961. The number of nitrogens with one attached hydrogen (secondary N) is 1. The van der Waals surface area contributed by atoms with Crippen molar-refractivity contribution < 1.29 is 4.79 Å². The van der Waals surface area contributed by atoms with Crippen LogP contribution in [0.15, 0.2) is 30.3 Å². The van der Waals surface area contributed by atoms with Crippen LogP contribution in [0.5, 0.6) is 0 Å². The van der Waals surface area contributed by atoms with Gasteiger partial charge < -0.3 is 5.32 Å². The SMILES string of the molecule is CCCCSCNC(=O)c1ccccc1. The van der Waals surface area contributed by atoms with Crippen LogP contribution in [0, 0.1) is 0 Å². The molecule has 0 spiro atoms. The first kappa shape index (κ1) is 12.1. The van der Waals surface area contributed by atoms with Crippen LogP contribution in [0.3, 0.4) is 0 Å². The Morgan fingerprint density at radius 2 is 2.07 bits per heavy atom. The van der Waals surface area contributed by atoms with Crippen molar-refractivity contribution in [2.24, 2.45) is 0 Å². The quantitative estimate of drug-likeness (QED) is 0.593. The molecule has 82 valence electrons. The number of amides is 1. The summed E-state index contributed by atoms with van der Waals surface area (Å²) in [6.45, 7) is 2.17. The largest absolute Gasteiger partial charge is 0.343 e. The van der Waals surface area contributed by atoms with Crippen molar-refractivity contribution in [1.29, 1.82) is 0 Å². The van der Waals surface area contributed by atoms with Gasteiger partial charge in [0, 0.05) is 5.56 Å². The molecule has 0 aromatic heterocycles. The third kappa shape index (κ3) is 4.88. The number of hydrogen-bond donors (Lipinski definition) is 1. The molecule has 1 aromatic rings. The average Bonchev–Trinajstić information content (AvgIpc) is 2.30. The summed E-state index contributed by atoms with van der Waals surface area (Å²) in [5, 5.41) is 2.88. The molecule has 0 bridgehead atoms. The summed E-state index contributed by atoms with van der Waals surface area (Å²) in [5.41, 5.74) is 0.730. The van der Waals surface area contributed by atoms with Crippen molar-refractivity contribution in [3.63, 3.8) is 0 Å². The molecule has 0 aliphatic carbocycles. The molecule has 1 N–H and O–H groups in total. The van der Waals surface area contributed by atoms with E-state index in [1.54, 1.807) is 11.8 Å². The fourth-order valence-electron chi connectivity index (χ4n) is 1.13. The van der Waals surface area contributed by atoms with Crippen LogP contribution in [0.2, 0.25) is 0 Å². The van der Waals surface area contributed by atoms with Crippen molar-refractivity contribution in [1.82, 2.24) is 5.32 Å². The predicted molar refractivity (Wildman–Crippen MR) is 66.1 cm³/mol. The van der Waals surface area contributed by atoms with Gasteiger partial charge in [0.25, 0.3) is 5.91 Å². The Morgan fingerprint density at radius 1 is 1.33 bits per heavy atom. The number of unbranched alkanes of at least 4 members (excludes halogenated alkanes) is 1. The summed E-state index contributed by atoms with van der Waals surface area (Å²) >= 11 is 1.77. The van der Waals surface area contributed by atoms with Crippen LogP contribution in [0.25, 0.3) is 0 Å². The monoisotopic (exact) mass is 223 g/mol. The van der Waals surface area contributed by atoms with E-state index in [1.165, 1.54) is 12.8 Å². The topological polar surface area (TPSA) is 29.1 Å². The third-order valence-corrected chi connectivity index (χ3v) is 2.94. The van der Waals surface area contributed by atoms with Gasteiger partial charge in [-0.05, 0) is 24.3 Å². The molecule has 0 radical (unpaired) electrons. The molecule has 0 saturated carbocycles. The maximum atomic E-state index is 11.6. The molecule has 3 heteroatoms. The molecule has 1 rings (SSSR count). The number of carbonyl (C=O) groups is 1. The standard InChI is InChI=1S/C12H17NOS/c1-2-3-9-15-10-13-12(14)11-7-5-4-6-8-11/h4-8H,2-3,9-10H2,1H3,(H,13,14). The Bertz CT molecular complexity index is 287. The molecule has 0 saturated heterocycles. The summed E-state index contributed by atoms with van der Waals surface area (Å²) < 4.78 is 0. The number of carbonyl (C=O) groups excluding carboxylic acids is 1. The summed E-state index contributed by atoms with van der Waals surface area (Å²) in [5.74, 6) is 1.83. The van der Waals surface area contributed by atoms with Crippen LogP contribution in [0.1, 0.15) is 30.1 Å². The van der Waals surface area contributed by atoms with Gasteiger partial charge in [-0.3, -0.25) is 4.79 Å². The maximum absolute atomic E-state index is 11.6. The molecule has 0 aliphatic heterocycles. The Labute approximate surface area is 95.5 Å². The van der Waals surface area contributed by atoms with Crippen molar-refractivity contribution in [2.75, 3.05) is 11.6 Å². The van der Waals surface area contributed by atoms with Crippen molar-refractivity contribution in [2.45, 2.75) is 19.8 Å². The molecule has 0 atom stereocenters. The minimum atomic E-state index is 0.0135. The zero-order valence-corrected chi connectivity index (χ0v) is 9.85. The van der Waals surface area contributed by atoms with Gasteiger partial charge in [0.2, 0.25) is 0 Å². The average molecular weight is 223 g/mol. The van der Waals surface area contributed by atoms with Gasteiger partial charge in [0.15, 0.2) is 0 Å². The second-order valence-corrected chi connectivity index (χ2v) is 4.38. The Kier molecular flexibility index (Phi) is 5.93. The highest BCUT2D eigenvalue weighted by Crippen LogP contribution is 2.03. The van der Waals surface area contributed by atoms with Crippen LogP contribution >= 0.6 is 11.8 Å². The van der Waals surface area contributed by atoms with Crippen LogP contribution < -0.4 is 5.32 Å². The molecule has 0 fully saturated rings. The molecule has 0 heterocycles. The molecule has 0 aliphatic rings. The first-order valence-electron chi connectivity index (χ1n) is 5.25. The van der Waals surface area contributed by atoms with E-state index in [0.29, 0.717) is 5.88 Å². The summed E-state index contributed by atoms with van der Waals surface area (Å²) in [6, 6.07) is 9.31. The Morgan fingerprint density at radius 3 is 2.73 bits per heavy atom. The van der Waals surface area contributed by atoms with E-state index in [-0.39, 0.29) is 5.91 Å². The van der Waals surface area contributed by atoms with E-state index >= 15 is 0 Å². The summed E-state index contributed by atoms with van der Waals surface area (Å²) in [7, 11) is 0. The lowest BCUT2D eigenvalue weighted by Crippen LogP contribution is -2.22. The highest BCUT2D eigenvalue weighted by atomic mass is 32.2. The molecule has 1 aromatic carbocycles. The first-order valence-corrected chi connectivity index (χ1v) is 6.41. The minimum Gasteiger partial charge on any atom is -0.343 e. The van der Waals surface area contributed by atoms with E-state index in [4.69, 9.17) is 0 Å². The maximum Gasteiger partial charge on any atom is 0.251 e. The first-order chi connectivity index (χ1) is 7.34. The van der Waals surface area contributed by atoms with Crippen LogP contribution in [-0.4, -0.2) is 17.5 Å². The lowest BCUT2D eigenvalue weighted by atomic mass is 10.2. The fourth-order valence-corrected chi connectivity index (χ4v) is 2.00. The summed E-state index contributed by atoms with van der Waals surface area (Å²) in [6.07, 6.45) is 2.42. The minimum absolute atomic E-state index is 0.0135. The Balaban J connectivity index is 2.20. The number of rotatable bonds is 6. The summed E-state index contributed by atoms with van der Waals surface area (Å²) in [4.78, 5) is 11.6. The second-order valence-electron chi connectivity index (χ2n) is 3.28. The Hall–Kier alpha value is -0.960. The zero-order valence-electron chi connectivity index (χ0n) is 9.03. The van der Waals surface area contributed by atoms with Gasteiger partial charge in [0.1, 0.15) is 0 Å². The molecule has 1 amide bonds. The smallest absolute Gasteiger partial charge is 0.251 e. The van der Waals surface area contributed by atoms with E-state index < -0.39 is 0 Å². The van der Waals surface area contributed by atoms with E-state index in [9.17, 15) is 4.79 Å². The van der Waals surface area contributed by atoms with Crippen LogP contribution in [-0.2, 0) is 0 Å². The number of hydrogen-bond acceptors (Lipinski definition) is 2. The van der Waals surface area contributed by atoms with E-state index in [0.717, 1.165) is 11.3 Å². The zero-order chi connectivity index (χ0) is 10.9. The molecule has 0 unspecified atom stereocenters. The normalized spacial score (nSPS) is 9.93. The van der Waals surface area contributed by atoms with Gasteiger partial charge in [-0.25, -0.2) is 0 Å². The van der Waals surface area contributed by atoms with E-state index in [1.807, 2.05) is 30.3 Å².